The summed E-state index contributed by atoms with van der Waals surface area (Å²) < 4.78 is 0. The SMILES string of the molecule is C=CCCCC(N)C1CCC2CCCCC2C1. The molecule has 2 N–H and O–H groups in total. The van der Waals surface area contributed by atoms with Crippen molar-refractivity contribution in [2.45, 2.75) is 70.3 Å². The third-order valence-electron chi connectivity index (χ3n) is 5.13. The van der Waals surface area contributed by atoms with Crippen molar-refractivity contribution >= 4 is 0 Å². The van der Waals surface area contributed by atoms with E-state index in [2.05, 4.69) is 6.58 Å². The summed E-state index contributed by atoms with van der Waals surface area (Å²) in [4.78, 5) is 0. The molecule has 2 aliphatic rings. The highest BCUT2D eigenvalue weighted by atomic mass is 14.7. The van der Waals surface area contributed by atoms with Crippen LogP contribution in [0.3, 0.4) is 0 Å². The molecule has 4 unspecified atom stereocenters. The van der Waals surface area contributed by atoms with Crippen LogP contribution < -0.4 is 5.73 Å². The molecule has 0 radical (unpaired) electrons. The molecule has 0 aromatic rings. The Morgan fingerprint density at radius 2 is 1.88 bits per heavy atom. The molecule has 2 saturated carbocycles. The highest BCUT2D eigenvalue weighted by molar-refractivity contribution is 4.87. The predicted octanol–water partition coefficient (Wildman–Crippen LogP) is 4.28. The molecule has 0 aromatic heterocycles. The molecule has 2 aliphatic carbocycles. The van der Waals surface area contributed by atoms with E-state index in [1.807, 2.05) is 6.08 Å². The molecule has 0 bridgehead atoms. The number of hydrogen-bond acceptors (Lipinski definition) is 1. The molecule has 0 aliphatic heterocycles. The van der Waals surface area contributed by atoms with Gasteiger partial charge in [-0.05, 0) is 56.3 Å². The summed E-state index contributed by atoms with van der Waals surface area (Å²) in [5.41, 5.74) is 6.38. The maximum Gasteiger partial charge on any atom is 0.00673 e. The Morgan fingerprint density at radius 3 is 2.65 bits per heavy atom. The number of hydrogen-bond donors (Lipinski definition) is 1. The summed E-state index contributed by atoms with van der Waals surface area (Å²) in [6.07, 6.45) is 15.8. The zero-order chi connectivity index (χ0) is 12.1. The van der Waals surface area contributed by atoms with Crippen LogP contribution in [0.25, 0.3) is 0 Å². The van der Waals surface area contributed by atoms with Crippen molar-refractivity contribution in [3.05, 3.63) is 12.7 Å². The maximum absolute atomic E-state index is 6.38. The molecule has 2 fully saturated rings. The van der Waals surface area contributed by atoms with Crippen LogP contribution >= 0.6 is 0 Å². The van der Waals surface area contributed by atoms with Crippen LogP contribution in [0.1, 0.15) is 64.2 Å². The van der Waals surface area contributed by atoms with E-state index in [0.29, 0.717) is 6.04 Å². The average Bonchev–Trinajstić information content (AvgIpc) is 2.38. The van der Waals surface area contributed by atoms with E-state index in [0.717, 1.165) is 24.2 Å². The summed E-state index contributed by atoms with van der Waals surface area (Å²) in [6.45, 7) is 3.78. The molecule has 17 heavy (non-hydrogen) atoms. The third kappa shape index (κ3) is 3.58. The Morgan fingerprint density at radius 1 is 1.12 bits per heavy atom. The van der Waals surface area contributed by atoms with Gasteiger partial charge in [-0.3, -0.25) is 0 Å². The van der Waals surface area contributed by atoms with E-state index < -0.39 is 0 Å². The molecule has 1 heteroatoms. The van der Waals surface area contributed by atoms with Gasteiger partial charge in [0, 0.05) is 6.04 Å². The number of unbranched alkanes of at least 4 members (excludes halogenated alkanes) is 1. The summed E-state index contributed by atoms with van der Waals surface area (Å²) in [7, 11) is 0. The second kappa shape index (κ2) is 6.58. The van der Waals surface area contributed by atoms with Crippen LogP contribution in [-0.4, -0.2) is 6.04 Å². The molecule has 0 spiro atoms. The lowest BCUT2D eigenvalue weighted by molar-refractivity contribution is 0.115. The van der Waals surface area contributed by atoms with Gasteiger partial charge < -0.3 is 5.73 Å². The van der Waals surface area contributed by atoms with Gasteiger partial charge in [0.2, 0.25) is 0 Å². The maximum atomic E-state index is 6.38. The van der Waals surface area contributed by atoms with Gasteiger partial charge in [0.25, 0.3) is 0 Å². The monoisotopic (exact) mass is 235 g/mol. The van der Waals surface area contributed by atoms with Gasteiger partial charge in [-0.2, -0.15) is 0 Å². The van der Waals surface area contributed by atoms with Crippen LogP contribution in [0.15, 0.2) is 12.7 Å². The van der Waals surface area contributed by atoms with E-state index in [1.165, 1.54) is 57.8 Å². The van der Waals surface area contributed by atoms with Crippen molar-refractivity contribution in [1.29, 1.82) is 0 Å². The van der Waals surface area contributed by atoms with Crippen molar-refractivity contribution in [2.75, 3.05) is 0 Å². The summed E-state index contributed by atoms with van der Waals surface area (Å²) in [5.74, 6) is 2.90. The van der Waals surface area contributed by atoms with E-state index >= 15 is 0 Å². The molecular weight excluding hydrogens is 206 g/mol. The van der Waals surface area contributed by atoms with E-state index in [4.69, 9.17) is 5.73 Å². The van der Waals surface area contributed by atoms with Gasteiger partial charge in [0.05, 0.1) is 0 Å². The zero-order valence-corrected chi connectivity index (χ0v) is 11.2. The molecule has 1 nitrogen and oxygen atoms in total. The predicted molar refractivity (Wildman–Crippen MR) is 74.8 cm³/mol. The summed E-state index contributed by atoms with van der Waals surface area (Å²) >= 11 is 0. The molecule has 0 saturated heterocycles. The van der Waals surface area contributed by atoms with Crippen LogP contribution in [-0.2, 0) is 0 Å². The Bertz CT molecular complexity index is 236. The Balaban J connectivity index is 1.76. The van der Waals surface area contributed by atoms with E-state index in [1.54, 1.807) is 0 Å². The zero-order valence-electron chi connectivity index (χ0n) is 11.2. The first-order valence-electron chi connectivity index (χ1n) is 7.67. The molecule has 4 atom stereocenters. The third-order valence-corrected chi connectivity index (χ3v) is 5.13. The quantitative estimate of drug-likeness (QED) is 0.559. The van der Waals surface area contributed by atoms with Crippen molar-refractivity contribution in [1.82, 2.24) is 0 Å². The molecular formula is C16H29N. The van der Waals surface area contributed by atoms with Crippen molar-refractivity contribution in [3.8, 4) is 0 Å². The minimum Gasteiger partial charge on any atom is -0.327 e. The van der Waals surface area contributed by atoms with Crippen molar-refractivity contribution < 1.29 is 0 Å². The lowest BCUT2D eigenvalue weighted by Gasteiger charge is -2.41. The van der Waals surface area contributed by atoms with Crippen molar-refractivity contribution in [2.24, 2.45) is 23.5 Å². The highest BCUT2D eigenvalue weighted by Gasteiger charge is 2.33. The van der Waals surface area contributed by atoms with Gasteiger partial charge in [-0.1, -0.05) is 31.8 Å². The number of allylic oxidation sites excluding steroid dienone is 1. The van der Waals surface area contributed by atoms with E-state index in [-0.39, 0.29) is 0 Å². The average molecular weight is 235 g/mol. The highest BCUT2D eigenvalue weighted by Crippen LogP contribution is 2.43. The fourth-order valence-corrected chi connectivity index (χ4v) is 4.03. The number of nitrogens with two attached hydrogens (primary N) is 1. The first-order valence-corrected chi connectivity index (χ1v) is 7.67. The van der Waals surface area contributed by atoms with Crippen LogP contribution in [0.2, 0.25) is 0 Å². The Labute approximate surface area is 107 Å². The topological polar surface area (TPSA) is 26.0 Å². The van der Waals surface area contributed by atoms with Gasteiger partial charge in [0.15, 0.2) is 0 Å². The molecule has 0 heterocycles. The van der Waals surface area contributed by atoms with Crippen LogP contribution in [0, 0.1) is 17.8 Å². The van der Waals surface area contributed by atoms with Crippen molar-refractivity contribution in [3.63, 3.8) is 0 Å². The van der Waals surface area contributed by atoms with Gasteiger partial charge in [0.1, 0.15) is 0 Å². The fraction of sp³-hybridized carbons (Fsp3) is 0.875. The first kappa shape index (κ1) is 13.1. The second-order valence-corrected chi connectivity index (χ2v) is 6.26. The van der Waals surface area contributed by atoms with Gasteiger partial charge >= 0.3 is 0 Å². The van der Waals surface area contributed by atoms with E-state index in [9.17, 15) is 0 Å². The van der Waals surface area contributed by atoms with Crippen LogP contribution in [0.5, 0.6) is 0 Å². The fourth-order valence-electron chi connectivity index (χ4n) is 4.03. The molecule has 98 valence electrons. The summed E-state index contributed by atoms with van der Waals surface area (Å²) in [5, 5.41) is 0. The lowest BCUT2D eigenvalue weighted by Crippen LogP contribution is -2.37. The minimum atomic E-state index is 0.456. The lowest BCUT2D eigenvalue weighted by atomic mass is 9.66. The first-order chi connectivity index (χ1) is 8.31. The molecule has 2 rings (SSSR count). The van der Waals surface area contributed by atoms with Crippen LogP contribution in [0.4, 0.5) is 0 Å². The Kier molecular flexibility index (Phi) is 5.09. The largest absolute Gasteiger partial charge is 0.327 e. The molecule has 0 amide bonds. The smallest absolute Gasteiger partial charge is 0.00673 e. The molecule has 0 aromatic carbocycles. The second-order valence-electron chi connectivity index (χ2n) is 6.26. The number of rotatable bonds is 5. The standard InChI is InChI=1S/C16H29N/c1-2-3-4-9-16(17)15-11-10-13-7-5-6-8-14(13)12-15/h2,13-16H,1,3-12,17H2. The minimum absolute atomic E-state index is 0.456. The van der Waals surface area contributed by atoms with Gasteiger partial charge in [-0.15, -0.1) is 6.58 Å². The normalized spacial score (nSPS) is 35.0. The van der Waals surface area contributed by atoms with Gasteiger partial charge in [-0.25, -0.2) is 0 Å². The Hall–Kier alpha value is -0.300. The summed E-state index contributed by atoms with van der Waals surface area (Å²) in [6, 6.07) is 0.456. The number of fused-ring (bicyclic) bond motifs is 1.